The normalized spacial score (nSPS) is 12.0. The summed E-state index contributed by atoms with van der Waals surface area (Å²) in [5, 5.41) is 3.48. The molecular weight excluding hydrogens is 262 g/mol. The second-order valence-electron chi connectivity index (χ2n) is 5.03. The zero-order chi connectivity index (χ0) is 15.1. The van der Waals surface area contributed by atoms with Crippen molar-refractivity contribution in [2.24, 2.45) is 0 Å². The van der Waals surface area contributed by atoms with E-state index < -0.39 is 0 Å². The van der Waals surface area contributed by atoms with E-state index >= 15 is 0 Å². The van der Waals surface area contributed by atoms with Crippen molar-refractivity contribution in [1.29, 1.82) is 0 Å². The Bertz CT molecular complexity index is 551. The first-order valence-corrected chi connectivity index (χ1v) is 7.38. The van der Waals surface area contributed by atoms with Gasteiger partial charge in [0.05, 0.1) is 7.11 Å². The fourth-order valence-corrected chi connectivity index (χ4v) is 2.10. The molecule has 1 N–H and O–H groups in total. The van der Waals surface area contributed by atoms with Gasteiger partial charge < -0.3 is 14.8 Å². The van der Waals surface area contributed by atoms with Crippen LogP contribution in [0.1, 0.15) is 31.9 Å². The van der Waals surface area contributed by atoms with Gasteiger partial charge in [0.25, 0.3) is 0 Å². The van der Waals surface area contributed by atoms with Crippen LogP contribution in [0, 0.1) is 0 Å². The maximum atomic E-state index is 5.84. The lowest BCUT2D eigenvalue weighted by Gasteiger charge is -2.14. The van der Waals surface area contributed by atoms with Crippen LogP contribution in [-0.2, 0) is 0 Å². The first-order valence-electron chi connectivity index (χ1n) is 7.38. The molecule has 0 aliphatic heterocycles. The average Bonchev–Trinajstić information content (AvgIpc) is 2.53. The summed E-state index contributed by atoms with van der Waals surface area (Å²) in [5.74, 6) is 2.40. The number of methoxy groups -OCH3 is 1. The molecule has 1 atom stereocenters. The highest BCUT2D eigenvalue weighted by Crippen LogP contribution is 2.26. The van der Waals surface area contributed by atoms with Crippen LogP contribution in [0.4, 0.5) is 0 Å². The number of hydrogen-bond donors (Lipinski definition) is 1. The maximum Gasteiger partial charge on any atom is 0.131 e. The first kappa shape index (κ1) is 15.4. The van der Waals surface area contributed by atoms with E-state index in [4.69, 9.17) is 9.47 Å². The molecule has 0 saturated heterocycles. The second-order valence-corrected chi connectivity index (χ2v) is 5.03. The minimum atomic E-state index is 0.357. The Labute approximate surface area is 126 Å². The molecule has 0 aliphatic rings. The van der Waals surface area contributed by atoms with E-state index in [1.165, 1.54) is 5.56 Å². The van der Waals surface area contributed by atoms with Gasteiger partial charge in [0.15, 0.2) is 0 Å². The Morgan fingerprint density at radius 3 is 2.38 bits per heavy atom. The molecular formula is C18H23NO2. The Hall–Kier alpha value is -2.00. The topological polar surface area (TPSA) is 30.5 Å². The molecule has 1 unspecified atom stereocenters. The van der Waals surface area contributed by atoms with Crippen molar-refractivity contribution in [2.75, 3.05) is 13.7 Å². The molecule has 0 bridgehead atoms. The van der Waals surface area contributed by atoms with E-state index in [2.05, 4.69) is 31.3 Å². The number of rotatable bonds is 7. The molecule has 0 fully saturated rings. The number of ether oxygens (including phenoxy) is 2. The number of benzene rings is 2. The highest BCUT2D eigenvalue weighted by Gasteiger charge is 2.05. The molecule has 3 nitrogen and oxygen atoms in total. The quantitative estimate of drug-likeness (QED) is 0.809. The lowest BCUT2D eigenvalue weighted by atomic mass is 10.1. The third-order valence-corrected chi connectivity index (χ3v) is 3.36. The predicted molar refractivity (Wildman–Crippen MR) is 86.2 cm³/mol. The second kappa shape index (κ2) is 7.70. The highest BCUT2D eigenvalue weighted by atomic mass is 16.5. The van der Waals surface area contributed by atoms with Crippen LogP contribution in [0.25, 0.3) is 0 Å². The molecule has 0 radical (unpaired) electrons. The van der Waals surface area contributed by atoms with Gasteiger partial charge in [-0.2, -0.15) is 0 Å². The van der Waals surface area contributed by atoms with Crippen molar-refractivity contribution >= 4 is 0 Å². The van der Waals surface area contributed by atoms with Crippen molar-refractivity contribution in [1.82, 2.24) is 5.32 Å². The lowest BCUT2D eigenvalue weighted by molar-refractivity contribution is 0.409. The van der Waals surface area contributed by atoms with E-state index in [0.29, 0.717) is 6.04 Å². The van der Waals surface area contributed by atoms with Gasteiger partial charge in [0, 0.05) is 12.1 Å². The molecule has 21 heavy (non-hydrogen) atoms. The summed E-state index contributed by atoms with van der Waals surface area (Å²) in [6, 6.07) is 16.2. The standard InChI is InChI=1S/C18H23NO2/c1-4-12-19-14(2)15-8-10-16(11-9-15)21-18-7-5-6-17(13-18)20-3/h5-11,13-14,19H,4,12H2,1-3H3. The van der Waals surface area contributed by atoms with Gasteiger partial charge in [0.2, 0.25) is 0 Å². The van der Waals surface area contributed by atoms with Gasteiger partial charge in [-0.1, -0.05) is 25.1 Å². The predicted octanol–water partition coefficient (Wildman–Crippen LogP) is 4.55. The summed E-state index contributed by atoms with van der Waals surface area (Å²) in [5.41, 5.74) is 1.27. The van der Waals surface area contributed by atoms with Crippen molar-refractivity contribution in [3.8, 4) is 17.2 Å². The van der Waals surface area contributed by atoms with E-state index in [1.807, 2.05) is 36.4 Å². The van der Waals surface area contributed by atoms with Crippen LogP contribution >= 0.6 is 0 Å². The van der Waals surface area contributed by atoms with Crippen molar-refractivity contribution in [3.63, 3.8) is 0 Å². The Balaban J connectivity index is 2.01. The Morgan fingerprint density at radius 2 is 1.71 bits per heavy atom. The molecule has 112 valence electrons. The van der Waals surface area contributed by atoms with Gasteiger partial charge in [-0.25, -0.2) is 0 Å². The molecule has 0 saturated carbocycles. The van der Waals surface area contributed by atoms with E-state index in [1.54, 1.807) is 7.11 Å². The SMILES string of the molecule is CCCNC(C)c1ccc(Oc2cccc(OC)c2)cc1. The zero-order valence-corrected chi connectivity index (χ0v) is 12.9. The number of hydrogen-bond acceptors (Lipinski definition) is 3. The molecule has 0 heterocycles. The maximum absolute atomic E-state index is 5.84. The average molecular weight is 285 g/mol. The summed E-state index contributed by atoms with van der Waals surface area (Å²) in [6.07, 6.45) is 1.14. The Kier molecular flexibility index (Phi) is 5.64. The minimum Gasteiger partial charge on any atom is -0.497 e. The van der Waals surface area contributed by atoms with Gasteiger partial charge in [0.1, 0.15) is 17.2 Å². The molecule has 2 rings (SSSR count). The Morgan fingerprint density at radius 1 is 1.00 bits per heavy atom. The van der Waals surface area contributed by atoms with Crippen molar-refractivity contribution in [3.05, 3.63) is 54.1 Å². The van der Waals surface area contributed by atoms with E-state index in [0.717, 1.165) is 30.2 Å². The van der Waals surface area contributed by atoms with E-state index in [-0.39, 0.29) is 0 Å². The van der Waals surface area contributed by atoms with Gasteiger partial charge >= 0.3 is 0 Å². The lowest BCUT2D eigenvalue weighted by Crippen LogP contribution is -2.19. The molecule has 0 aliphatic carbocycles. The third kappa shape index (κ3) is 4.50. The molecule has 0 amide bonds. The summed E-state index contributed by atoms with van der Waals surface area (Å²) in [7, 11) is 1.65. The van der Waals surface area contributed by atoms with E-state index in [9.17, 15) is 0 Å². The largest absolute Gasteiger partial charge is 0.497 e. The first-order chi connectivity index (χ1) is 10.2. The third-order valence-electron chi connectivity index (χ3n) is 3.36. The zero-order valence-electron chi connectivity index (χ0n) is 12.9. The summed E-state index contributed by atoms with van der Waals surface area (Å²) >= 11 is 0. The molecule has 0 aromatic heterocycles. The summed E-state index contributed by atoms with van der Waals surface area (Å²) in [4.78, 5) is 0. The minimum absolute atomic E-state index is 0.357. The fourth-order valence-electron chi connectivity index (χ4n) is 2.10. The van der Waals surface area contributed by atoms with Crippen LogP contribution in [0.5, 0.6) is 17.2 Å². The van der Waals surface area contributed by atoms with Crippen LogP contribution in [0.15, 0.2) is 48.5 Å². The van der Waals surface area contributed by atoms with Crippen LogP contribution in [0.2, 0.25) is 0 Å². The van der Waals surface area contributed by atoms with Crippen LogP contribution in [-0.4, -0.2) is 13.7 Å². The van der Waals surface area contributed by atoms with Crippen molar-refractivity contribution in [2.45, 2.75) is 26.3 Å². The fraction of sp³-hybridized carbons (Fsp3) is 0.333. The molecule has 0 spiro atoms. The summed E-state index contributed by atoms with van der Waals surface area (Å²) < 4.78 is 11.0. The molecule has 3 heteroatoms. The van der Waals surface area contributed by atoms with Crippen LogP contribution in [0.3, 0.4) is 0 Å². The number of nitrogens with one attached hydrogen (secondary N) is 1. The monoisotopic (exact) mass is 285 g/mol. The van der Waals surface area contributed by atoms with Gasteiger partial charge in [-0.15, -0.1) is 0 Å². The van der Waals surface area contributed by atoms with Gasteiger partial charge in [-0.3, -0.25) is 0 Å². The van der Waals surface area contributed by atoms with Crippen LogP contribution < -0.4 is 14.8 Å². The van der Waals surface area contributed by atoms with Crippen molar-refractivity contribution < 1.29 is 9.47 Å². The highest BCUT2D eigenvalue weighted by molar-refractivity contribution is 5.37. The molecule has 2 aromatic carbocycles. The molecule has 2 aromatic rings. The summed E-state index contributed by atoms with van der Waals surface area (Å²) in [6.45, 7) is 5.38. The van der Waals surface area contributed by atoms with Gasteiger partial charge in [-0.05, 0) is 49.7 Å². The smallest absolute Gasteiger partial charge is 0.131 e.